The molecule has 0 aliphatic heterocycles. The average molecular weight is 192 g/mol. The van der Waals surface area contributed by atoms with Gasteiger partial charge in [-0.25, -0.2) is 0 Å². The second kappa shape index (κ2) is 6.16. The molecular weight excluding hydrogens is 176 g/mol. The molecule has 76 valence electrons. The van der Waals surface area contributed by atoms with Crippen molar-refractivity contribution in [2.75, 3.05) is 0 Å². The highest BCUT2D eigenvalue weighted by molar-refractivity contribution is 5.62. The van der Waals surface area contributed by atoms with Gasteiger partial charge in [0.25, 0.3) is 0 Å². The van der Waals surface area contributed by atoms with E-state index in [-0.39, 0.29) is 6.04 Å². The second-order valence-corrected chi connectivity index (χ2v) is 3.09. The maximum atomic E-state index is 5.62. The van der Waals surface area contributed by atoms with E-state index in [4.69, 9.17) is 10.6 Å². The summed E-state index contributed by atoms with van der Waals surface area (Å²) >= 11 is 0. The Balaban J connectivity index is 2.25. The zero-order valence-corrected chi connectivity index (χ0v) is 8.39. The predicted molar refractivity (Wildman–Crippen MR) is 58.0 cm³/mol. The highest BCUT2D eigenvalue weighted by atomic mass is 16.6. The molecular formula is C11H16N2O. The Bertz CT molecular complexity index is 272. The van der Waals surface area contributed by atoms with Crippen LogP contribution in [0.4, 0.5) is 0 Å². The van der Waals surface area contributed by atoms with Crippen molar-refractivity contribution in [2.45, 2.75) is 26.0 Å². The molecule has 0 saturated carbocycles. The van der Waals surface area contributed by atoms with Crippen LogP contribution in [-0.2, 0) is 11.4 Å². The van der Waals surface area contributed by atoms with Gasteiger partial charge in [0.15, 0.2) is 0 Å². The quantitative estimate of drug-likeness (QED) is 0.572. The molecule has 2 N–H and O–H groups in total. The molecule has 3 heteroatoms. The van der Waals surface area contributed by atoms with Gasteiger partial charge in [0.05, 0.1) is 6.21 Å². The molecule has 0 heterocycles. The molecule has 0 aliphatic rings. The van der Waals surface area contributed by atoms with Crippen molar-refractivity contribution in [3.05, 3.63) is 35.9 Å². The van der Waals surface area contributed by atoms with E-state index in [2.05, 4.69) is 5.16 Å². The molecule has 0 amide bonds. The summed E-state index contributed by atoms with van der Waals surface area (Å²) in [5, 5.41) is 3.79. The zero-order chi connectivity index (χ0) is 10.2. The third kappa shape index (κ3) is 4.05. The molecule has 1 atom stereocenters. The normalized spacial score (nSPS) is 13.0. The van der Waals surface area contributed by atoms with Gasteiger partial charge in [-0.2, -0.15) is 0 Å². The lowest BCUT2D eigenvalue weighted by molar-refractivity contribution is 0.131. The summed E-state index contributed by atoms with van der Waals surface area (Å²) in [4.78, 5) is 5.08. The van der Waals surface area contributed by atoms with E-state index < -0.39 is 0 Å². The van der Waals surface area contributed by atoms with Crippen LogP contribution in [0.15, 0.2) is 35.5 Å². The van der Waals surface area contributed by atoms with Gasteiger partial charge < -0.3 is 10.6 Å². The van der Waals surface area contributed by atoms with Gasteiger partial charge in [0.2, 0.25) is 0 Å². The second-order valence-electron chi connectivity index (χ2n) is 3.09. The number of nitrogens with zero attached hydrogens (tertiary/aromatic N) is 1. The molecule has 1 unspecified atom stereocenters. The van der Waals surface area contributed by atoms with Gasteiger partial charge in [-0.05, 0) is 12.0 Å². The van der Waals surface area contributed by atoms with Crippen molar-refractivity contribution in [2.24, 2.45) is 10.9 Å². The standard InChI is InChI=1S/C11H16N2O/c1-2-11(12)8-13-14-9-10-6-4-3-5-7-10/h3-8,11H,2,9,12H2,1H3/b13-8+. The highest BCUT2D eigenvalue weighted by Crippen LogP contribution is 2.00. The topological polar surface area (TPSA) is 47.6 Å². The van der Waals surface area contributed by atoms with Crippen molar-refractivity contribution in [3.63, 3.8) is 0 Å². The molecule has 0 aliphatic carbocycles. The van der Waals surface area contributed by atoms with Crippen molar-refractivity contribution >= 4 is 6.21 Å². The Morgan fingerprint density at radius 1 is 1.43 bits per heavy atom. The first-order valence-electron chi connectivity index (χ1n) is 4.78. The number of nitrogens with two attached hydrogens (primary N) is 1. The van der Waals surface area contributed by atoms with Crippen LogP contribution in [-0.4, -0.2) is 12.3 Å². The van der Waals surface area contributed by atoms with Crippen molar-refractivity contribution < 1.29 is 4.84 Å². The average Bonchev–Trinajstić information content (AvgIpc) is 2.25. The third-order valence-corrected chi connectivity index (χ3v) is 1.87. The minimum Gasteiger partial charge on any atom is -0.391 e. The van der Waals surface area contributed by atoms with Crippen LogP contribution in [0.1, 0.15) is 18.9 Å². The van der Waals surface area contributed by atoms with E-state index in [1.54, 1.807) is 6.21 Å². The molecule has 14 heavy (non-hydrogen) atoms. The number of rotatable bonds is 5. The lowest BCUT2D eigenvalue weighted by atomic mass is 10.2. The Morgan fingerprint density at radius 2 is 2.14 bits per heavy atom. The highest BCUT2D eigenvalue weighted by Gasteiger charge is 1.92. The van der Waals surface area contributed by atoms with Gasteiger partial charge >= 0.3 is 0 Å². The maximum absolute atomic E-state index is 5.62. The van der Waals surface area contributed by atoms with E-state index in [1.807, 2.05) is 37.3 Å². The number of oxime groups is 1. The fourth-order valence-electron chi connectivity index (χ4n) is 0.913. The zero-order valence-electron chi connectivity index (χ0n) is 8.39. The first-order chi connectivity index (χ1) is 6.83. The van der Waals surface area contributed by atoms with E-state index in [1.165, 1.54) is 0 Å². The van der Waals surface area contributed by atoms with E-state index >= 15 is 0 Å². The summed E-state index contributed by atoms with van der Waals surface area (Å²) < 4.78 is 0. The fourth-order valence-corrected chi connectivity index (χ4v) is 0.913. The molecule has 1 aromatic carbocycles. The molecule has 1 rings (SSSR count). The van der Waals surface area contributed by atoms with Crippen LogP contribution in [0.3, 0.4) is 0 Å². The van der Waals surface area contributed by atoms with Crippen LogP contribution in [0, 0.1) is 0 Å². The van der Waals surface area contributed by atoms with Gasteiger partial charge in [-0.1, -0.05) is 42.4 Å². The van der Waals surface area contributed by atoms with Crippen LogP contribution in [0.2, 0.25) is 0 Å². The first-order valence-corrected chi connectivity index (χ1v) is 4.78. The van der Waals surface area contributed by atoms with Gasteiger partial charge in [0, 0.05) is 6.04 Å². The third-order valence-electron chi connectivity index (χ3n) is 1.87. The molecule has 1 aromatic rings. The van der Waals surface area contributed by atoms with Crippen molar-refractivity contribution in [1.29, 1.82) is 0 Å². The van der Waals surface area contributed by atoms with E-state index in [9.17, 15) is 0 Å². The van der Waals surface area contributed by atoms with Gasteiger partial charge in [-0.3, -0.25) is 0 Å². The molecule has 0 spiro atoms. The van der Waals surface area contributed by atoms with Crippen LogP contribution in [0.25, 0.3) is 0 Å². The molecule has 0 radical (unpaired) electrons. The van der Waals surface area contributed by atoms with Gasteiger partial charge in [0.1, 0.15) is 6.61 Å². The Labute approximate surface area is 84.6 Å². The minimum atomic E-state index is -0.00854. The van der Waals surface area contributed by atoms with Crippen molar-refractivity contribution in [3.8, 4) is 0 Å². The molecule has 0 saturated heterocycles. The number of hydrogen-bond acceptors (Lipinski definition) is 3. The fraction of sp³-hybridized carbons (Fsp3) is 0.364. The van der Waals surface area contributed by atoms with E-state index in [0.717, 1.165) is 12.0 Å². The van der Waals surface area contributed by atoms with E-state index in [0.29, 0.717) is 6.61 Å². The number of benzene rings is 1. The molecule has 0 fully saturated rings. The smallest absolute Gasteiger partial charge is 0.142 e. The lowest BCUT2D eigenvalue weighted by Crippen LogP contribution is -2.19. The summed E-state index contributed by atoms with van der Waals surface area (Å²) in [6.45, 7) is 2.50. The Hall–Kier alpha value is -1.35. The predicted octanol–water partition coefficient (Wildman–Crippen LogP) is 1.93. The van der Waals surface area contributed by atoms with Crippen LogP contribution in [0.5, 0.6) is 0 Å². The Morgan fingerprint density at radius 3 is 2.79 bits per heavy atom. The minimum absolute atomic E-state index is 0.00854. The first kappa shape index (κ1) is 10.7. The van der Waals surface area contributed by atoms with Gasteiger partial charge in [-0.15, -0.1) is 0 Å². The number of hydrogen-bond donors (Lipinski definition) is 1. The lowest BCUT2D eigenvalue weighted by Gasteiger charge is -2.01. The summed E-state index contributed by atoms with van der Waals surface area (Å²) in [5.74, 6) is 0. The Kier molecular flexibility index (Phi) is 4.72. The SMILES string of the molecule is CCC(N)/C=N/OCc1ccccc1. The van der Waals surface area contributed by atoms with Crippen molar-refractivity contribution in [1.82, 2.24) is 0 Å². The van der Waals surface area contributed by atoms with Crippen LogP contribution < -0.4 is 5.73 Å². The summed E-state index contributed by atoms with van der Waals surface area (Å²) in [6.07, 6.45) is 2.50. The molecule has 0 bridgehead atoms. The largest absolute Gasteiger partial charge is 0.391 e. The summed E-state index contributed by atoms with van der Waals surface area (Å²) in [6, 6.07) is 9.90. The maximum Gasteiger partial charge on any atom is 0.142 e. The van der Waals surface area contributed by atoms with Crippen LogP contribution >= 0.6 is 0 Å². The summed E-state index contributed by atoms with van der Waals surface area (Å²) in [5.41, 5.74) is 6.73. The monoisotopic (exact) mass is 192 g/mol. The summed E-state index contributed by atoms with van der Waals surface area (Å²) in [7, 11) is 0. The molecule has 0 aromatic heterocycles. The molecule has 3 nitrogen and oxygen atoms in total.